The summed E-state index contributed by atoms with van der Waals surface area (Å²) in [7, 11) is 0. The predicted molar refractivity (Wildman–Crippen MR) is 79.5 cm³/mol. The Morgan fingerprint density at radius 2 is 2.30 bits per heavy atom. The molecule has 0 amide bonds. The summed E-state index contributed by atoms with van der Waals surface area (Å²) in [5, 5.41) is 9.49. The van der Waals surface area contributed by atoms with Crippen LogP contribution in [0.1, 0.15) is 43.7 Å². The number of likely N-dealkylation sites (tertiary alicyclic amines) is 1. The van der Waals surface area contributed by atoms with Crippen LogP contribution < -0.4 is 0 Å². The lowest BCUT2D eigenvalue weighted by Crippen LogP contribution is -2.40. The van der Waals surface area contributed by atoms with E-state index in [1.807, 2.05) is 6.07 Å². The molecule has 1 saturated heterocycles. The summed E-state index contributed by atoms with van der Waals surface area (Å²) >= 11 is 6.24. The largest absolute Gasteiger partial charge is 0.300 e. The van der Waals surface area contributed by atoms with Crippen molar-refractivity contribution >= 4 is 17.4 Å². The molecule has 0 aliphatic carbocycles. The number of hydrogen-bond donors (Lipinski definition) is 0. The Balaban J connectivity index is 2.10. The monoisotopic (exact) mass is 290 g/mol. The van der Waals surface area contributed by atoms with Gasteiger partial charge in [-0.05, 0) is 44.0 Å². The molecular weight excluding hydrogens is 272 g/mol. The highest BCUT2D eigenvalue weighted by molar-refractivity contribution is 6.31. The van der Waals surface area contributed by atoms with Crippen LogP contribution in [0.4, 0.5) is 0 Å². The highest BCUT2D eigenvalue weighted by Gasteiger charge is 2.24. The molecule has 1 atom stereocenters. The molecule has 1 aromatic rings. The van der Waals surface area contributed by atoms with E-state index < -0.39 is 0 Å². The van der Waals surface area contributed by atoms with Gasteiger partial charge in [0.05, 0.1) is 11.6 Å². The molecule has 1 fully saturated rings. The summed E-state index contributed by atoms with van der Waals surface area (Å²) in [5.74, 6) is 0.243. The second kappa shape index (κ2) is 6.88. The first kappa shape index (κ1) is 15.0. The van der Waals surface area contributed by atoms with Gasteiger partial charge in [-0.3, -0.25) is 9.69 Å². The van der Waals surface area contributed by atoms with Crippen LogP contribution in [0.25, 0.3) is 0 Å². The van der Waals surface area contributed by atoms with Gasteiger partial charge >= 0.3 is 0 Å². The molecule has 1 aromatic carbocycles. The first-order valence-electron chi connectivity index (χ1n) is 7.02. The number of carbonyl (C=O) groups is 1. The SMILES string of the molecule is CC(=O)CC1CCCCN1Cc1ccc(C#N)cc1Cl. The van der Waals surface area contributed by atoms with Crippen molar-refractivity contribution in [1.29, 1.82) is 5.26 Å². The van der Waals surface area contributed by atoms with Crippen molar-refractivity contribution in [2.75, 3.05) is 6.54 Å². The fourth-order valence-electron chi connectivity index (χ4n) is 2.80. The topological polar surface area (TPSA) is 44.1 Å². The van der Waals surface area contributed by atoms with Gasteiger partial charge < -0.3 is 0 Å². The molecule has 1 aliphatic rings. The zero-order valence-corrected chi connectivity index (χ0v) is 12.5. The van der Waals surface area contributed by atoms with E-state index in [1.54, 1.807) is 19.1 Å². The van der Waals surface area contributed by atoms with Crippen LogP contribution in [-0.2, 0) is 11.3 Å². The Kier molecular flexibility index (Phi) is 5.17. The van der Waals surface area contributed by atoms with E-state index >= 15 is 0 Å². The molecule has 1 heterocycles. The van der Waals surface area contributed by atoms with E-state index in [4.69, 9.17) is 16.9 Å². The fourth-order valence-corrected chi connectivity index (χ4v) is 3.04. The highest BCUT2D eigenvalue weighted by atomic mass is 35.5. The summed E-state index contributed by atoms with van der Waals surface area (Å²) in [5.41, 5.74) is 1.61. The number of Topliss-reactive ketones (excluding diaryl/α,β-unsaturated/α-hetero) is 1. The minimum Gasteiger partial charge on any atom is -0.300 e. The minimum atomic E-state index is 0.243. The zero-order valence-electron chi connectivity index (χ0n) is 11.7. The number of hydrogen-bond acceptors (Lipinski definition) is 3. The summed E-state index contributed by atoms with van der Waals surface area (Å²) in [6, 6.07) is 7.84. The lowest BCUT2D eigenvalue weighted by Gasteiger charge is -2.35. The lowest BCUT2D eigenvalue weighted by molar-refractivity contribution is -0.118. The van der Waals surface area contributed by atoms with Crippen molar-refractivity contribution in [1.82, 2.24) is 4.90 Å². The van der Waals surface area contributed by atoms with Crippen molar-refractivity contribution in [3.63, 3.8) is 0 Å². The molecule has 0 spiro atoms. The maximum absolute atomic E-state index is 11.4. The summed E-state index contributed by atoms with van der Waals surface area (Å²) in [6.45, 7) is 3.41. The van der Waals surface area contributed by atoms with Crippen LogP contribution in [0.3, 0.4) is 0 Å². The Morgan fingerprint density at radius 3 is 2.95 bits per heavy atom. The summed E-state index contributed by atoms with van der Waals surface area (Å²) in [4.78, 5) is 13.7. The molecule has 1 unspecified atom stereocenters. The number of nitrogens with zero attached hydrogens (tertiary/aromatic N) is 2. The number of halogens is 1. The maximum atomic E-state index is 11.4. The molecule has 106 valence electrons. The number of nitriles is 1. The maximum Gasteiger partial charge on any atom is 0.131 e. The van der Waals surface area contributed by atoms with E-state index in [9.17, 15) is 4.79 Å². The van der Waals surface area contributed by atoms with Gasteiger partial charge in [-0.25, -0.2) is 0 Å². The number of rotatable bonds is 4. The third kappa shape index (κ3) is 3.82. The van der Waals surface area contributed by atoms with Crippen LogP contribution in [0.15, 0.2) is 18.2 Å². The van der Waals surface area contributed by atoms with Gasteiger partial charge in [0.15, 0.2) is 0 Å². The Bertz CT molecular complexity index is 536. The van der Waals surface area contributed by atoms with Gasteiger partial charge in [0.25, 0.3) is 0 Å². The standard InChI is InChI=1S/C16H19ClN2O/c1-12(20)8-15-4-2-3-7-19(15)11-14-6-5-13(10-18)9-16(14)17/h5-6,9,15H,2-4,7-8,11H2,1H3. The molecule has 1 aliphatic heterocycles. The van der Waals surface area contributed by atoms with Gasteiger partial charge in [0.2, 0.25) is 0 Å². The van der Waals surface area contributed by atoms with Crippen LogP contribution in [0.5, 0.6) is 0 Å². The van der Waals surface area contributed by atoms with Gasteiger partial charge in [0, 0.05) is 24.0 Å². The molecule has 4 heteroatoms. The van der Waals surface area contributed by atoms with Gasteiger partial charge in [-0.2, -0.15) is 5.26 Å². The van der Waals surface area contributed by atoms with E-state index in [0.717, 1.165) is 25.1 Å². The smallest absolute Gasteiger partial charge is 0.131 e. The van der Waals surface area contributed by atoms with Gasteiger partial charge in [-0.15, -0.1) is 0 Å². The first-order valence-corrected chi connectivity index (χ1v) is 7.40. The van der Waals surface area contributed by atoms with E-state index in [0.29, 0.717) is 23.0 Å². The van der Waals surface area contributed by atoms with Crippen molar-refractivity contribution in [2.24, 2.45) is 0 Å². The van der Waals surface area contributed by atoms with Crippen LogP contribution in [-0.4, -0.2) is 23.3 Å². The zero-order chi connectivity index (χ0) is 14.5. The average Bonchev–Trinajstić information content (AvgIpc) is 2.42. The molecule has 0 radical (unpaired) electrons. The third-order valence-electron chi connectivity index (χ3n) is 3.83. The van der Waals surface area contributed by atoms with Gasteiger partial charge in [-0.1, -0.05) is 24.1 Å². The van der Waals surface area contributed by atoms with E-state index in [2.05, 4.69) is 11.0 Å². The molecule has 0 saturated carbocycles. The second-order valence-corrected chi connectivity index (χ2v) is 5.85. The Hall–Kier alpha value is -1.37. The van der Waals surface area contributed by atoms with Crippen molar-refractivity contribution in [3.05, 3.63) is 34.3 Å². The van der Waals surface area contributed by atoms with Crippen molar-refractivity contribution < 1.29 is 4.79 Å². The second-order valence-electron chi connectivity index (χ2n) is 5.44. The molecule has 2 rings (SSSR count). The number of piperidine rings is 1. The Morgan fingerprint density at radius 1 is 1.50 bits per heavy atom. The molecule has 0 bridgehead atoms. The van der Waals surface area contributed by atoms with Crippen LogP contribution in [0.2, 0.25) is 5.02 Å². The number of benzene rings is 1. The normalized spacial score (nSPS) is 19.6. The highest BCUT2D eigenvalue weighted by Crippen LogP contribution is 2.25. The van der Waals surface area contributed by atoms with Crippen molar-refractivity contribution in [2.45, 2.75) is 45.2 Å². The van der Waals surface area contributed by atoms with E-state index in [1.165, 1.54) is 12.8 Å². The predicted octanol–water partition coefficient (Wildman–Crippen LogP) is 3.55. The van der Waals surface area contributed by atoms with Gasteiger partial charge in [0.1, 0.15) is 5.78 Å². The summed E-state index contributed by atoms with van der Waals surface area (Å²) < 4.78 is 0. The number of carbonyl (C=O) groups excluding carboxylic acids is 1. The van der Waals surface area contributed by atoms with Crippen LogP contribution >= 0.6 is 11.6 Å². The average molecular weight is 291 g/mol. The Labute approximate surface area is 125 Å². The molecule has 20 heavy (non-hydrogen) atoms. The quantitative estimate of drug-likeness (QED) is 0.852. The number of ketones is 1. The molecular formula is C16H19ClN2O. The first-order chi connectivity index (χ1) is 9.60. The molecule has 3 nitrogen and oxygen atoms in total. The lowest BCUT2D eigenvalue weighted by atomic mass is 9.97. The fraction of sp³-hybridized carbons (Fsp3) is 0.500. The summed E-state index contributed by atoms with van der Waals surface area (Å²) in [6.07, 6.45) is 4.05. The van der Waals surface area contributed by atoms with Crippen LogP contribution in [0, 0.1) is 11.3 Å². The molecule has 0 N–H and O–H groups in total. The third-order valence-corrected chi connectivity index (χ3v) is 4.18. The van der Waals surface area contributed by atoms with E-state index in [-0.39, 0.29) is 5.78 Å². The molecule has 0 aromatic heterocycles. The van der Waals surface area contributed by atoms with Crippen molar-refractivity contribution in [3.8, 4) is 6.07 Å². The minimum absolute atomic E-state index is 0.243.